The molecule has 4 aromatic rings. The van der Waals surface area contributed by atoms with Gasteiger partial charge in [-0.25, -0.2) is 4.98 Å². The van der Waals surface area contributed by atoms with Gasteiger partial charge in [-0.05, 0) is 6.07 Å². The first-order valence-corrected chi connectivity index (χ1v) is 16.4. The van der Waals surface area contributed by atoms with Crippen LogP contribution < -0.4 is 13.8 Å². The van der Waals surface area contributed by atoms with Crippen LogP contribution >= 0.6 is 15.9 Å². The summed E-state index contributed by atoms with van der Waals surface area (Å²) in [5, 5.41) is 13.1. The van der Waals surface area contributed by atoms with Gasteiger partial charge in [-0.1, -0.05) is 0 Å². The molecule has 15 heteroatoms. The summed E-state index contributed by atoms with van der Waals surface area (Å²) < 4.78 is 46.1. The van der Waals surface area contributed by atoms with Crippen molar-refractivity contribution in [1.29, 1.82) is 0 Å². The minimum atomic E-state index is -4.46. The van der Waals surface area contributed by atoms with Gasteiger partial charge in [-0.2, -0.15) is 0 Å². The Kier molecular flexibility index (Phi) is 8.52. The molecule has 207 valence electrons. The monoisotopic (exact) mass is 691 g/mol. The summed E-state index contributed by atoms with van der Waals surface area (Å²) >= 11 is 2.64. The third-order valence-corrected chi connectivity index (χ3v) is 10.4. The Morgan fingerprint density at radius 1 is 1.23 bits per heavy atom. The van der Waals surface area contributed by atoms with Crippen molar-refractivity contribution in [2.24, 2.45) is 0 Å². The van der Waals surface area contributed by atoms with Crippen LogP contribution in [0.15, 0.2) is 70.3 Å². The molecule has 1 amide bonds. The van der Waals surface area contributed by atoms with Crippen molar-refractivity contribution in [2.75, 3.05) is 19.8 Å². The topological polar surface area (TPSA) is 163 Å². The Morgan fingerprint density at radius 3 is 2.85 bits per heavy atom. The van der Waals surface area contributed by atoms with E-state index in [1.54, 1.807) is 24.4 Å². The molecule has 0 aliphatic carbocycles. The molecule has 0 spiro atoms. The minimum Gasteiger partial charge on any atom is -0.346 e. The zero-order valence-electron chi connectivity index (χ0n) is 20.6. The standard InChI is InChI=1S/C25H21AsBrN4O8S/c27-16-1-3-20(23(10-16)39-17-9-15-5-6-28-24(15)29-13-17)25(32)30-40(35,36)19-2-4-21(22(11-19)31(33)34)26-12-18-14-37-7-8-38-18/h1-6,9-11,13,18H,7-8,12,14H2,(H,28,29)(H,30,32)/t18-/m1/s1. The van der Waals surface area contributed by atoms with Gasteiger partial charge >= 0.3 is 211 Å². The van der Waals surface area contributed by atoms with Crippen LogP contribution in [0, 0.1) is 10.1 Å². The second-order valence-corrected chi connectivity index (χ2v) is 13.6. The van der Waals surface area contributed by atoms with E-state index >= 15 is 0 Å². The van der Waals surface area contributed by atoms with E-state index in [-0.39, 0.29) is 23.1 Å². The van der Waals surface area contributed by atoms with Crippen molar-refractivity contribution in [3.63, 3.8) is 0 Å². The average Bonchev–Trinajstić information content (AvgIpc) is 3.40. The predicted octanol–water partition coefficient (Wildman–Crippen LogP) is 3.31. The molecule has 1 saturated heterocycles. The Bertz CT molecular complexity index is 1690. The minimum absolute atomic E-state index is 0.0632. The van der Waals surface area contributed by atoms with E-state index < -0.39 is 41.5 Å². The summed E-state index contributed by atoms with van der Waals surface area (Å²) in [7, 11) is -4.46. The number of benzene rings is 2. The molecule has 0 bridgehead atoms. The second-order valence-electron chi connectivity index (χ2n) is 8.58. The molecule has 0 saturated carbocycles. The van der Waals surface area contributed by atoms with E-state index in [2.05, 4.69) is 25.9 Å². The van der Waals surface area contributed by atoms with Gasteiger partial charge in [0.2, 0.25) is 0 Å². The Hall–Kier alpha value is -3.29. The van der Waals surface area contributed by atoms with Crippen LogP contribution in [0.1, 0.15) is 10.4 Å². The molecule has 5 rings (SSSR count). The number of ether oxygens (including phenoxy) is 3. The number of aromatic nitrogens is 2. The number of nitro benzene ring substituents is 1. The van der Waals surface area contributed by atoms with Crippen LogP contribution in [0.3, 0.4) is 0 Å². The summed E-state index contributed by atoms with van der Waals surface area (Å²) in [5.41, 5.74) is 0.267. The maximum atomic E-state index is 13.1. The van der Waals surface area contributed by atoms with E-state index in [4.69, 9.17) is 14.2 Å². The number of carbonyl (C=O) groups is 1. The van der Waals surface area contributed by atoms with E-state index in [9.17, 15) is 23.3 Å². The average molecular weight is 692 g/mol. The first-order chi connectivity index (χ1) is 19.2. The first kappa shape index (κ1) is 28.2. The molecule has 3 heterocycles. The van der Waals surface area contributed by atoms with E-state index in [1.807, 2.05) is 4.72 Å². The van der Waals surface area contributed by atoms with Crippen molar-refractivity contribution in [3.05, 3.63) is 81.1 Å². The Balaban J connectivity index is 1.35. The fraction of sp³-hybridized carbons (Fsp3) is 0.200. The third kappa shape index (κ3) is 6.53. The Labute approximate surface area is 243 Å². The quantitative estimate of drug-likeness (QED) is 0.152. The van der Waals surface area contributed by atoms with Gasteiger partial charge in [0.1, 0.15) is 5.65 Å². The molecule has 40 heavy (non-hydrogen) atoms. The molecule has 1 fully saturated rings. The van der Waals surface area contributed by atoms with Gasteiger partial charge in [0.25, 0.3) is 0 Å². The van der Waals surface area contributed by atoms with Crippen LogP contribution in [-0.2, 0) is 19.5 Å². The maximum absolute atomic E-state index is 13.1. The number of sulfonamides is 1. The number of rotatable bonds is 9. The number of nitro groups is 1. The zero-order valence-corrected chi connectivity index (χ0v) is 24.9. The smallest absolute Gasteiger partial charge is 0.346 e. The van der Waals surface area contributed by atoms with Gasteiger partial charge < -0.3 is 4.98 Å². The van der Waals surface area contributed by atoms with E-state index in [0.717, 1.165) is 11.5 Å². The molecule has 0 unspecified atom stereocenters. The molecule has 1 atom stereocenters. The summed E-state index contributed by atoms with van der Waals surface area (Å²) in [4.78, 5) is 31.1. The van der Waals surface area contributed by atoms with E-state index in [1.165, 1.54) is 30.5 Å². The van der Waals surface area contributed by atoms with Gasteiger partial charge in [-0.15, -0.1) is 0 Å². The van der Waals surface area contributed by atoms with Crippen molar-refractivity contribution in [3.8, 4) is 11.5 Å². The summed E-state index contributed by atoms with van der Waals surface area (Å²) in [6.45, 7) is 1.40. The first-order valence-electron chi connectivity index (χ1n) is 11.8. The number of H-pyrrole nitrogens is 1. The molecule has 1 radical (unpaired) electrons. The number of nitrogens with zero attached hydrogens (tertiary/aromatic N) is 2. The number of hydrogen-bond acceptors (Lipinski definition) is 9. The van der Waals surface area contributed by atoms with Crippen molar-refractivity contribution < 1.29 is 32.3 Å². The van der Waals surface area contributed by atoms with Crippen LogP contribution in [-0.4, -0.2) is 70.9 Å². The number of hydrogen-bond donors (Lipinski definition) is 2. The summed E-state index contributed by atoms with van der Waals surface area (Å²) in [5.74, 6) is -0.551. The fourth-order valence-corrected chi connectivity index (χ4v) is 7.53. The SMILES string of the molecule is O=C(NS(=O)(=O)c1ccc([As]C[C@@H]2COCCO2)c([N+](=O)[O-])c1)c1ccc(Br)cc1Oc1cnc2[nH]ccc2c1. The van der Waals surface area contributed by atoms with Crippen molar-refractivity contribution in [2.45, 2.75) is 16.2 Å². The third-order valence-electron chi connectivity index (χ3n) is 5.82. The fourth-order valence-electron chi connectivity index (χ4n) is 3.90. The predicted molar refractivity (Wildman–Crippen MR) is 149 cm³/mol. The van der Waals surface area contributed by atoms with Gasteiger partial charge in [0.15, 0.2) is 0 Å². The van der Waals surface area contributed by atoms with Gasteiger partial charge in [-0.3, -0.25) is 0 Å². The van der Waals surface area contributed by atoms with Crippen LogP contribution in [0.25, 0.3) is 11.0 Å². The molecule has 1 aliphatic heterocycles. The number of carbonyl (C=O) groups excluding carboxylic acids is 1. The van der Waals surface area contributed by atoms with Crippen molar-refractivity contribution in [1.82, 2.24) is 14.7 Å². The zero-order chi connectivity index (χ0) is 28.3. The number of amides is 1. The number of halogens is 1. The molecule has 12 nitrogen and oxygen atoms in total. The molecular formula is C25H21AsBrN4O8S. The molecular weight excluding hydrogens is 671 g/mol. The number of pyridine rings is 1. The summed E-state index contributed by atoms with van der Waals surface area (Å²) in [6.07, 6.45) is 3.04. The Morgan fingerprint density at radius 2 is 2.08 bits per heavy atom. The van der Waals surface area contributed by atoms with Gasteiger partial charge in [0.05, 0.1) is 0 Å². The van der Waals surface area contributed by atoms with Gasteiger partial charge in [0, 0.05) is 11.6 Å². The summed E-state index contributed by atoms with van der Waals surface area (Å²) in [6, 6.07) is 11.6. The van der Waals surface area contributed by atoms with Crippen LogP contribution in [0.5, 0.6) is 11.5 Å². The number of nitrogens with one attached hydrogen (secondary N) is 2. The normalized spacial score (nSPS) is 15.9. The van der Waals surface area contributed by atoms with Crippen molar-refractivity contribution >= 4 is 68.7 Å². The second kappa shape index (κ2) is 12.1. The molecule has 1 aliphatic rings. The molecule has 2 aromatic carbocycles. The molecule has 2 aromatic heterocycles. The van der Waals surface area contributed by atoms with Crippen LogP contribution in [0.2, 0.25) is 5.21 Å². The number of fused-ring (bicyclic) bond motifs is 1. The van der Waals surface area contributed by atoms with Crippen LogP contribution in [0.4, 0.5) is 5.69 Å². The number of aromatic amines is 1. The molecule has 2 N–H and O–H groups in total. The van der Waals surface area contributed by atoms with E-state index in [0.29, 0.717) is 45.2 Å².